The molecule has 2 aliphatic carbocycles. The molecule has 0 radical (unpaired) electrons. The first-order valence-corrected chi connectivity index (χ1v) is 28.6. The van der Waals surface area contributed by atoms with E-state index in [2.05, 4.69) is 48.5 Å². The Kier molecular flexibility index (Phi) is 31.1. The molecular formula is C62H92N2O17. The van der Waals surface area contributed by atoms with Gasteiger partial charge in [0.25, 0.3) is 0 Å². The molecule has 4 aromatic carbocycles. The Bertz CT molecular complexity index is 2140. The molecule has 6 rings (SSSR count). The number of ether oxygens (including phenoxy) is 17. The van der Waals surface area contributed by atoms with Crippen molar-refractivity contribution in [1.82, 2.24) is 0 Å². The van der Waals surface area contributed by atoms with E-state index in [4.69, 9.17) is 92.0 Å². The molecule has 0 bridgehead atoms. The van der Waals surface area contributed by atoms with E-state index >= 15 is 0 Å². The van der Waals surface area contributed by atoms with Gasteiger partial charge in [0.15, 0.2) is 0 Å². The lowest BCUT2D eigenvalue weighted by atomic mass is 9.73. The van der Waals surface area contributed by atoms with Gasteiger partial charge in [-0.2, -0.15) is 0 Å². The van der Waals surface area contributed by atoms with Crippen LogP contribution in [0.1, 0.15) is 47.9 Å². The van der Waals surface area contributed by atoms with Crippen molar-refractivity contribution in [3.63, 3.8) is 0 Å². The maximum absolute atomic E-state index is 6.45. The highest BCUT2D eigenvalue weighted by atomic mass is 16.6. The predicted octanol–water partition coefficient (Wildman–Crippen LogP) is 7.17. The lowest BCUT2D eigenvalue weighted by Crippen LogP contribution is -2.30. The summed E-state index contributed by atoms with van der Waals surface area (Å²) in [6.07, 6.45) is 2.86. The topological polar surface area (TPSA) is 209 Å². The first-order valence-electron chi connectivity index (χ1n) is 28.6. The van der Waals surface area contributed by atoms with Gasteiger partial charge in [-0.25, -0.2) is 0 Å². The van der Waals surface area contributed by atoms with Crippen LogP contribution in [0, 0.1) is 0 Å². The first-order chi connectivity index (χ1) is 39.9. The first kappa shape index (κ1) is 65.6. The Labute approximate surface area is 480 Å². The van der Waals surface area contributed by atoms with Crippen molar-refractivity contribution in [2.24, 2.45) is 0 Å². The minimum absolute atomic E-state index is 0.375. The minimum atomic E-state index is -0.424. The third kappa shape index (κ3) is 20.9. The molecule has 0 heterocycles. The molecule has 0 amide bonds. The zero-order chi connectivity index (χ0) is 57.1. The number of methoxy groups -OCH3 is 4. The number of hydrogen-bond acceptors (Lipinski definition) is 19. The fourth-order valence-corrected chi connectivity index (χ4v) is 10.3. The molecule has 0 saturated heterocycles. The van der Waals surface area contributed by atoms with Gasteiger partial charge >= 0.3 is 0 Å². The molecule has 0 aromatic heterocycles. The second kappa shape index (κ2) is 38.4. The molecule has 2 aliphatic rings. The van der Waals surface area contributed by atoms with Crippen LogP contribution in [0.15, 0.2) is 72.8 Å². The van der Waals surface area contributed by atoms with Crippen LogP contribution in [0.5, 0.6) is 11.5 Å². The average molecular weight is 1140 g/mol. The number of nitrogens with two attached hydrogens (primary N) is 2. The van der Waals surface area contributed by atoms with Crippen LogP contribution in [-0.2, 0) is 81.9 Å². The van der Waals surface area contributed by atoms with Crippen LogP contribution in [0.4, 0.5) is 11.4 Å². The van der Waals surface area contributed by atoms with Gasteiger partial charge in [0, 0.05) is 77.1 Å². The van der Waals surface area contributed by atoms with Gasteiger partial charge in [-0.05, 0) is 119 Å². The van der Waals surface area contributed by atoms with Gasteiger partial charge in [-0.3, -0.25) is 0 Å². The average Bonchev–Trinajstić information content (AvgIpc) is 4.04. The second-order valence-electron chi connectivity index (χ2n) is 19.6. The van der Waals surface area contributed by atoms with Gasteiger partial charge in [0.05, 0.1) is 145 Å². The zero-order valence-corrected chi connectivity index (χ0v) is 48.7. The lowest BCUT2D eigenvalue weighted by Gasteiger charge is -2.32. The maximum Gasteiger partial charge on any atom is 0.119 e. The molecule has 19 heteroatoms. The van der Waals surface area contributed by atoms with Crippen molar-refractivity contribution >= 4 is 11.4 Å². The standard InChI is InChI=1S/C62H92N2O17/c1-65-21-25-73-33-29-69-17-13-61(14-18-70-30-34-74-26-22-66-2)57-45-49(63)5-9-53(57)55-11-7-51(47-59(55)61)80-43-41-78-39-37-77-38-40-79-42-44-81-52-8-12-56-54-10-6-50(64)46-58(54)62(60(56)48-52,15-19-71-31-35-75-27-23-67-3)16-20-72-32-36-76-28-24-68-4/h5-12,45-48H,13-44,63-64H2,1-4H3. The van der Waals surface area contributed by atoms with Crippen LogP contribution in [0.25, 0.3) is 22.3 Å². The molecule has 4 aromatic rings. The van der Waals surface area contributed by atoms with E-state index in [-0.39, 0.29) is 0 Å². The Hall–Kier alpha value is -4.52. The summed E-state index contributed by atoms with van der Waals surface area (Å²) < 4.78 is 97.8. The minimum Gasteiger partial charge on any atom is -0.491 e. The number of fused-ring (bicyclic) bond motifs is 6. The highest BCUT2D eigenvalue weighted by Gasteiger charge is 2.44. The Balaban J connectivity index is 0.935. The normalized spacial score (nSPS) is 13.6. The van der Waals surface area contributed by atoms with Crippen molar-refractivity contribution in [2.75, 3.05) is 225 Å². The molecule has 452 valence electrons. The second-order valence-corrected chi connectivity index (χ2v) is 19.6. The molecule has 0 atom stereocenters. The molecular weight excluding hydrogens is 1040 g/mol. The van der Waals surface area contributed by atoms with Crippen LogP contribution in [0.3, 0.4) is 0 Å². The van der Waals surface area contributed by atoms with Crippen LogP contribution in [-0.4, -0.2) is 213 Å². The van der Waals surface area contributed by atoms with Crippen molar-refractivity contribution < 1.29 is 80.5 Å². The predicted molar refractivity (Wildman–Crippen MR) is 310 cm³/mol. The fourth-order valence-electron chi connectivity index (χ4n) is 10.3. The van der Waals surface area contributed by atoms with Crippen molar-refractivity contribution in [2.45, 2.75) is 36.5 Å². The highest BCUT2D eigenvalue weighted by molar-refractivity contribution is 5.84. The summed E-state index contributed by atoms with van der Waals surface area (Å²) in [6.45, 7) is 13.5. The van der Waals surface area contributed by atoms with E-state index in [0.29, 0.717) is 222 Å². The van der Waals surface area contributed by atoms with E-state index in [0.717, 1.165) is 56.0 Å². The molecule has 0 saturated carbocycles. The van der Waals surface area contributed by atoms with Gasteiger partial charge in [-0.1, -0.05) is 24.3 Å². The maximum atomic E-state index is 6.45. The Morgan fingerprint density at radius 3 is 0.753 bits per heavy atom. The van der Waals surface area contributed by atoms with Crippen molar-refractivity contribution in [3.05, 3.63) is 95.1 Å². The van der Waals surface area contributed by atoms with Crippen molar-refractivity contribution in [3.8, 4) is 33.8 Å². The zero-order valence-electron chi connectivity index (χ0n) is 48.7. The third-order valence-corrected chi connectivity index (χ3v) is 14.4. The number of nitrogen functional groups attached to an aromatic ring is 2. The monoisotopic (exact) mass is 1140 g/mol. The van der Waals surface area contributed by atoms with E-state index in [1.165, 1.54) is 0 Å². The number of hydrogen-bond donors (Lipinski definition) is 2. The number of anilines is 2. The van der Waals surface area contributed by atoms with Gasteiger partial charge < -0.3 is 92.0 Å². The molecule has 19 nitrogen and oxygen atoms in total. The molecule has 0 fully saturated rings. The summed E-state index contributed by atoms with van der Waals surface area (Å²) >= 11 is 0. The summed E-state index contributed by atoms with van der Waals surface area (Å²) in [4.78, 5) is 0. The van der Waals surface area contributed by atoms with Gasteiger partial charge in [0.2, 0.25) is 0 Å². The van der Waals surface area contributed by atoms with Gasteiger partial charge in [0.1, 0.15) is 24.7 Å². The molecule has 0 spiro atoms. The smallest absolute Gasteiger partial charge is 0.119 e. The summed E-state index contributed by atoms with van der Waals surface area (Å²) in [7, 11) is 6.64. The quantitative estimate of drug-likeness (QED) is 0.0332. The molecule has 4 N–H and O–H groups in total. The number of benzene rings is 4. The SMILES string of the molecule is COCCOCCOCCC1(CCOCCOCCOC)c2cc(N)ccc2-c2ccc(OCCOCCOCCOCCOc3ccc4c(c3)C(CCOCCOCCOC)(CCOCCOCCOC)c3cc(N)ccc3-4)cc21. The van der Waals surface area contributed by atoms with Crippen LogP contribution < -0.4 is 20.9 Å². The lowest BCUT2D eigenvalue weighted by molar-refractivity contribution is 0.00496. The Morgan fingerprint density at radius 2 is 0.481 bits per heavy atom. The molecule has 0 unspecified atom stereocenters. The number of rotatable bonds is 50. The Morgan fingerprint density at radius 1 is 0.259 bits per heavy atom. The molecule has 81 heavy (non-hydrogen) atoms. The highest BCUT2D eigenvalue weighted by Crippen LogP contribution is 2.55. The van der Waals surface area contributed by atoms with Crippen LogP contribution in [0.2, 0.25) is 0 Å². The largest absolute Gasteiger partial charge is 0.491 e. The third-order valence-electron chi connectivity index (χ3n) is 14.4. The summed E-state index contributed by atoms with van der Waals surface area (Å²) in [5, 5.41) is 0. The summed E-state index contributed by atoms with van der Waals surface area (Å²) in [6, 6.07) is 25.0. The van der Waals surface area contributed by atoms with Gasteiger partial charge in [-0.15, -0.1) is 0 Å². The summed E-state index contributed by atoms with van der Waals surface area (Å²) in [5.74, 6) is 1.52. The fraction of sp³-hybridized carbons (Fsp3) is 0.613. The van der Waals surface area contributed by atoms with Crippen LogP contribution >= 0.6 is 0 Å². The summed E-state index contributed by atoms with van der Waals surface area (Å²) in [5.41, 5.74) is 22.7. The van der Waals surface area contributed by atoms with Crippen molar-refractivity contribution in [1.29, 1.82) is 0 Å². The van der Waals surface area contributed by atoms with E-state index in [1.807, 2.05) is 24.3 Å². The molecule has 0 aliphatic heterocycles. The van der Waals surface area contributed by atoms with E-state index in [9.17, 15) is 0 Å². The van der Waals surface area contributed by atoms with E-state index < -0.39 is 10.8 Å². The van der Waals surface area contributed by atoms with E-state index in [1.54, 1.807) is 28.4 Å².